The van der Waals surface area contributed by atoms with E-state index in [1.165, 1.54) is 24.3 Å². The third kappa shape index (κ3) is 2.29. The summed E-state index contributed by atoms with van der Waals surface area (Å²) in [6, 6.07) is 7.18. The van der Waals surface area contributed by atoms with Gasteiger partial charge in [-0.2, -0.15) is 18.8 Å². The molecule has 20 heavy (non-hydrogen) atoms. The highest BCUT2D eigenvalue weighted by molar-refractivity contribution is 7.89. The van der Waals surface area contributed by atoms with Gasteiger partial charge in [-0.15, -0.1) is 4.09 Å². The summed E-state index contributed by atoms with van der Waals surface area (Å²) < 4.78 is 24.9. The van der Waals surface area contributed by atoms with Crippen molar-refractivity contribution in [2.45, 2.75) is 4.90 Å². The highest BCUT2D eigenvalue weighted by Crippen LogP contribution is 2.19. The van der Waals surface area contributed by atoms with E-state index in [9.17, 15) is 13.2 Å². The topological polar surface area (TPSA) is 92.8 Å². The van der Waals surface area contributed by atoms with E-state index in [0.29, 0.717) is 0 Å². The molecule has 0 N–H and O–H groups in total. The summed E-state index contributed by atoms with van der Waals surface area (Å²) in [6.45, 7) is 0. The average Bonchev–Trinajstić information content (AvgIpc) is 2.44. The molecule has 0 aliphatic rings. The van der Waals surface area contributed by atoms with E-state index in [-0.39, 0.29) is 19.6 Å². The van der Waals surface area contributed by atoms with Crippen molar-refractivity contribution in [1.29, 1.82) is 5.26 Å². The van der Waals surface area contributed by atoms with Crippen LogP contribution in [0.25, 0.3) is 0 Å². The summed E-state index contributed by atoms with van der Waals surface area (Å²) >= 11 is 11.2. The van der Waals surface area contributed by atoms with Crippen molar-refractivity contribution in [3.05, 3.63) is 56.4 Å². The molecule has 2 aromatic rings. The van der Waals surface area contributed by atoms with Crippen LogP contribution in [0.3, 0.4) is 0 Å². The second-order valence-corrected chi connectivity index (χ2v) is 6.09. The van der Waals surface area contributed by atoms with Gasteiger partial charge in [0.25, 0.3) is 10.0 Å². The van der Waals surface area contributed by atoms with E-state index >= 15 is 0 Å². The second-order valence-electron chi connectivity index (χ2n) is 3.57. The Morgan fingerprint density at radius 3 is 2.55 bits per heavy atom. The fourth-order valence-corrected chi connectivity index (χ4v) is 3.06. The predicted octanol–water partition coefficient (Wildman–Crippen LogP) is 1.66. The second kappa shape index (κ2) is 5.25. The van der Waals surface area contributed by atoms with Gasteiger partial charge in [0.15, 0.2) is 0 Å². The highest BCUT2D eigenvalue weighted by atomic mass is 35.5. The van der Waals surface area contributed by atoms with Crippen LogP contribution in [0.15, 0.2) is 40.2 Å². The molecule has 9 heteroatoms. The number of halogens is 2. The average molecular weight is 330 g/mol. The molecule has 1 heterocycles. The number of rotatable bonds is 2. The van der Waals surface area contributed by atoms with E-state index in [1.54, 1.807) is 6.07 Å². The van der Waals surface area contributed by atoms with Crippen molar-refractivity contribution in [2.75, 3.05) is 0 Å². The molecule has 0 radical (unpaired) electrons. The van der Waals surface area contributed by atoms with E-state index in [4.69, 9.17) is 28.5 Å². The predicted molar refractivity (Wildman–Crippen MR) is 72.3 cm³/mol. The largest absolute Gasteiger partial charge is 0.301 e. The summed E-state index contributed by atoms with van der Waals surface area (Å²) in [6.07, 6.45) is 0.942. The first-order valence-corrected chi connectivity index (χ1v) is 7.27. The van der Waals surface area contributed by atoms with Gasteiger partial charge in [0, 0.05) is 0 Å². The Bertz CT molecular complexity index is 885. The molecule has 0 aliphatic heterocycles. The molecule has 0 atom stereocenters. The molecule has 0 aliphatic carbocycles. The quantitative estimate of drug-likeness (QED) is 0.835. The number of nitrogens with zero attached hydrogens (tertiary/aromatic N) is 3. The minimum atomic E-state index is -4.32. The minimum Gasteiger partial charge on any atom is -0.265 e. The van der Waals surface area contributed by atoms with Crippen LogP contribution in [-0.4, -0.2) is 17.6 Å². The molecule has 0 saturated heterocycles. The molecule has 1 aromatic heterocycles. The molecule has 0 fully saturated rings. The Morgan fingerprint density at radius 1 is 1.25 bits per heavy atom. The van der Waals surface area contributed by atoms with Crippen LogP contribution in [0.1, 0.15) is 5.56 Å². The van der Waals surface area contributed by atoms with Gasteiger partial charge in [-0.05, 0) is 12.1 Å². The van der Waals surface area contributed by atoms with Crippen molar-refractivity contribution < 1.29 is 8.42 Å². The van der Waals surface area contributed by atoms with Crippen molar-refractivity contribution in [3.8, 4) is 6.07 Å². The van der Waals surface area contributed by atoms with E-state index in [0.717, 1.165) is 6.20 Å². The molecule has 102 valence electrons. The number of aromatic nitrogens is 2. The number of hydrogen-bond acceptors (Lipinski definition) is 5. The normalized spacial score (nSPS) is 11.1. The van der Waals surface area contributed by atoms with Crippen LogP contribution >= 0.6 is 23.2 Å². The number of nitriles is 1. The van der Waals surface area contributed by atoms with Crippen molar-refractivity contribution in [3.63, 3.8) is 0 Å². The van der Waals surface area contributed by atoms with Crippen LogP contribution in [-0.2, 0) is 10.0 Å². The van der Waals surface area contributed by atoms with Crippen LogP contribution in [0.4, 0.5) is 0 Å². The Hall–Kier alpha value is -1.88. The van der Waals surface area contributed by atoms with Crippen LogP contribution < -0.4 is 5.56 Å². The number of benzene rings is 1. The summed E-state index contributed by atoms with van der Waals surface area (Å²) in [7, 11) is -4.32. The smallest absolute Gasteiger partial charge is 0.265 e. The third-order valence-corrected chi connectivity index (χ3v) is 4.74. The Kier molecular flexibility index (Phi) is 3.81. The van der Waals surface area contributed by atoms with Crippen molar-refractivity contribution in [2.24, 2.45) is 0 Å². The Labute approximate surface area is 123 Å². The van der Waals surface area contributed by atoms with Crippen molar-refractivity contribution >= 4 is 33.2 Å². The van der Waals surface area contributed by atoms with Crippen LogP contribution in [0.2, 0.25) is 10.0 Å². The summed E-state index contributed by atoms with van der Waals surface area (Å²) in [5.74, 6) is 0. The first-order chi connectivity index (χ1) is 9.39. The zero-order valence-corrected chi connectivity index (χ0v) is 11.9. The molecule has 0 bridgehead atoms. The maximum absolute atomic E-state index is 12.3. The van der Waals surface area contributed by atoms with Gasteiger partial charge < -0.3 is 0 Å². The van der Waals surface area contributed by atoms with E-state index < -0.39 is 20.6 Å². The molecular weight excluding hydrogens is 325 g/mol. The maximum atomic E-state index is 12.3. The van der Waals surface area contributed by atoms with Gasteiger partial charge in [-0.1, -0.05) is 35.3 Å². The van der Waals surface area contributed by atoms with Crippen LogP contribution in [0, 0.1) is 11.3 Å². The minimum absolute atomic E-state index is 0.104. The molecule has 0 saturated carbocycles. The highest BCUT2D eigenvalue weighted by Gasteiger charge is 2.24. The fourth-order valence-electron chi connectivity index (χ4n) is 1.45. The van der Waals surface area contributed by atoms with Crippen molar-refractivity contribution in [1.82, 2.24) is 9.19 Å². The lowest BCUT2D eigenvalue weighted by molar-refractivity contribution is 0.575. The van der Waals surface area contributed by atoms with E-state index in [1.807, 2.05) is 0 Å². The first kappa shape index (κ1) is 14.5. The van der Waals surface area contributed by atoms with Gasteiger partial charge in [0.2, 0.25) is 0 Å². The molecule has 6 nitrogen and oxygen atoms in total. The standard InChI is InChI=1S/C11H5Cl2N3O3S/c12-8-6-15-16(11(17)10(8)13)20(18,19)9-4-2-1-3-7(9)5-14/h1-4,6H. The molecule has 0 amide bonds. The SMILES string of the molecule is N#Cc1ccccc1S(=O)(=O)n1ncc(Cl)c(Cl)c1=O. The number of hydrogen-bond donors (Lipinski definition) is 0. The van der Waals surface area contributed by atoms with Gasteiger partial charge in [0.05, 0.1) is 16.8 Å². The van der Waals surface area contributed by atoms with E-state index in [2.05, 4.69) is 5.10 Å². The summed E-state index contributed by atoms with van der Waals surface area (Å²) in [5.41, 5.74) is -1.18. The lowest BCUT2D eigenvalue weighted by Gasteiger charge is -2.08. The van der Waals surface area contributed by atoms with Crippen LogP contribution in [0.5, 0.6) is 0 Å². The van der Waals surface area contributed by atoms with Gasteiger partial charge >= 0.3 is 5.56 Å². The Morgan fingerprint density at radius 2 is 1.90 bits per heavy atom. The lowest BCUT2D eigenvalue weighted by Crippen LogP contribution is -2.30. The molecule has 1 aromatic carbocycles. The molecule has 2 rings (SSSR count). The summed E-state index contributed by atoms with van der Waals surface area (Å²) in [4.78, 5) is 11.5. The molecule has 0 spiro atoms. The van der Waals surface area contributed by atoms with Gasteiger partial charge in [0.1, 0.15) is 16.0 Å². The lowest BCUT2D eigenvalue weighted by atomic mass is 10.2. The fraction of sp³-hybridized carbons (Fsp3) is 0. The summed E-state index contributed by atoms with van der Waals surface area (Å²) in [5, 5.41) is 11.8. The third-order valence-electron chi connectivity index (χ3n) is 2.36. The maximum Gasteiger partial charge on any atom is 0.301 e. The first-order valence-electron chi connectivity index (χ1n) is 5.07. The zero-order valence-electron chi connectivity index (χ0n) is 9.62. The Balaban J connectivity index is 2.79. The van der Waals surface area contributed by atoms with Gasteiger partial charge in [-0.3, -0.25) is 4.79 Å². The monoisotopic (exact) mass is 329 g/mol. The molecule has 0 unspecified atom stereocenters. The zero-order chi connectivity index (χ0) is 14.9. The molecular formula is C11H5Cl2N3O3S. The van der Waals surface area contributed by atoms with Gasteiger partial charge in [-0.25, -0.2) is 0 Å².